The molecule has 0 radical (unpaired) electrons. The summed E-state index contributed by atoms with van der Waals surface area (Å²) in [5.74, 6) is 0. The molecule has 6 heteroatoms. The lowest BCUT2D eigenvalue weighted by Gasteiger charge is -2.28. The summed E-state index contributed by atoms with van der Waals surface area (Å²) in [4.78, 5) is 2.69. The summed E-state index contributed by atoms with van der Waals surface area (Å²) in [6.45, 7) is 3.33. The summed E-state index contributed by atoms with van der Waals surface area (Å²) in [5, 5.41) is 0. The SMILES string of the molecule is CO[C@H]1CN(Cc2ccc(S(C)(=O)=O)cc2)C[C@@]12CCCO2. The van der Waals surface area contributed by atoms with Gasteiger partial charge in [-0.05, 0) is 30.5 Å². The van der Waals surface area contributed by atoms with E-state index in [4.69, 9.17) is 9.47 Å². The highest BCUT2D eigenvalue weighted by molar-refractivity contribution is 7.90. The molecular formula is C16H23NO4S. The van der Waals surface area contributed by atoms with Crippen LogP contribution in [-0.4, -0.2) is 58.1 Å². The van der Waals surface area contributed by atoms with Gasteiger partial charge in [0.2, 0.25) is 0 Å². The van der Waals surface area contributed by atoms with Gasteiger partial charge in [0, 0.05) is 39.6 Å². The summed E-state index contributed by atoms with van der Waals surface area (Å²) in [6, 6.07) is 7.13. The molecule has 1 spiro atoms. The topological polar surface area (TPSA) is 55.8 Å². The van der Waals surface area contributed by atoms with E-state index in [2.05, 4.69) is 4.90 Å². The first kappa shape index (κ1) is 15.9. The Morgan fingerprint density at radius 2 is 2.09 bits per heavy atom. The Morgan fingerprint density at radius 3 is 2.64 bits per heavy atom. The highest BCUT2D eigenvalue weighted by Crippen LogP contribution is 2.37. The van der Waals surface area contributed by atoms with Crippen LogP contribution in [0, 0.1) is 0 Å². The van der Waals surface area contributed by atoms with Crippen molar-refractivity contribution in [3.8, 4) is 0 Å². The second-order valence-electron chi connectivity index (χ2n) is 6.33. The number of hydrogen-bond donors (Lipinski definition) is 0. The van der Waals surface area contributed by atoms with Gasteiger partial charge in [0.25, 0.3) is 0 Å². The highest BCUT2D eigenvalue weighted by atomic mass is 32.2. The first-order valence-corrected chi connectivity index (χ1v) is 9.50. The lowest BCUT2D eigenvalue weighted by Crippen LogP contribution is -2.41. The van der Waals surface area contributed by atoms with Gasteiger partial charge < -0.3 is 9.47 Å². The maximum atomic E-state index is 11.5. The monoisotopic (exact) mass is 325 g/mol. The van der Waals surface area contributed by atoms with E-state index in [0.717, 1.165) is 44.6 Å². The maximum Gasteiger partial charge on any atom is 0.175 e. The number of rotatable bonds is 4. The zero-order valence-corrected chi connectivity index (χ0v) is 13.9. The Bertz CT molecular complexity index is 620. The van der Waals surface area contributed by atoms with Crippen molar-refractivity contribution in [3.05, 3.63) is 29.8 Å². The number of hydrogen-bond acceptors (Lipinski definition) is 5. The normalized spacial score (nSPS) is 29.5. The van der Waals surface area contributed by atoms with Crippen LogP contribution >= 0.6 is 0 Å². The minimum absolute atomic E-state index is 0.116. The van der Waals surface area contributed by atoms with E-state index in [1.807, 2.05) is 12.1 Å². The van der Waals surface area contributed by atoms with Crippen molar-refractivity contribution < 1.29 is 17.9 Å². The Hall–Kier alpha value is -0.950. The number of sulfone groups is 1. The first-order chi connectivity index (χ1) is 10.4. The van der Waals surface area contributed by atoms with Crippen LogP contribution in [0.15, 0.2) is 29.2 Å². The van der Waals surface area contributed by atoms with Crippen LogP contribution in [0.1, 0.15) is 18.4 Å². The number of likely N-dealkylation sites (tertiary alicyclic amines) is 1. The summed E-state index contributed by atoms with van der Waals surface area (Å²) in [7, 11) is -1.38. The minimum Gasteiger partial charge on any atom is -0.377 e. The third-order valence-corrected chi connectivity index (χ3v) is 5.81. The highest BCUT2D eigenvalue weighted by Gasteiger charge is 2.49. The van der Waals surface area contributed by atoms with Gasteiger partial charge in [-0.1, -0.05) is 12.1 Å². The number of benzene rings is 1. The molecule has 2 aliphatic heterocycles. The lowest BCUT2D eigenvalue weighted by molar-refractivity contribution is -0.0756. The molecule has 0 saturated carbocycles. The van der Waals surface area contributed by atoms with Crippen LogP contribution in [-0.2, 0) is 25.9 Å². The molecule has 2 atom stereocenters. The van der Waals surface area contributed by atoms with E-state index in [9.17, 15) is 8.42 Å². The fourth-order valence-electron chi connectivity index (χ4n) is 3.55. The third kappa shape index (κ3) is 3.06. The molecule has 2 aliphatic rings. The van der Waals surface area contributed by atoms with E-state index in [0.29, 0.717) is 4.90 Å². The molecule has 0 amide bonds. The molecular weight excluding hydrogens is 302 g/mol. The van der Waals surface area contributed by atoms with Crippen molar-refractivity contribution >= 4 is 9.84 Å². The summed E-state index contributed by atoms with van der Waals surface area (Å²) in [5.41, 5.74) is 0.957. The zero-order valence-electron chi connectivity index (χ0n) is 13.1. The predicted molar refractivity (Wildman–Crippen MR) is 83.5 cm³/mol. The van der Waals surface area contributed by atoms with Crippen LogP contribution in [0.4, 0.5) is 0 Å². The van der Waals surface area contributed by atoms with E-state index in [1.165, 1.54) is 6.26 Å². The Kier molecular flexibility index (Phi) is 4.29. The predicted octanol–water partition coefficient (Wildman–Crippen LogP) is 1.47. The maximum absolute atomic E-state index is 11.5. The van der Waals surface area contributed by atoms with E-state index >= 15 is 0 Å². The zero-order chi connectivity index (χ0) is 15.8. The standard InChI is InChI=1S/C16H23NO4S/c1-20-15-11-17(12-16(15)8-3-9-21-16)10-13-4-6-14(7-5-13)22(2,18)19/h4-7,15H,3,8-12H2,1-2H3/t15-,16-/m0/s1. The number of methoxy groups -OCH3 is 1. The molecule has 1 aromatic carbocycles. The summed E-state index contributed by atoms with van der Waals surface area (Å²) in [6.07, 6.45) is 3.49. The van der Waals surface area contributed by atoms with Crippen molar-refractivity contribution in [2.45, 2.75) is 36.0 Å². The Morgan fingerprint density at radius 1 is 1.36 bits per heavy atom. The smallest absolute Gasteiger partial charge is 0.175 e. The molecule has 22 heavy (non-hydrogen) atoms. The first-order valence-electron chi connectivity index (χ1n) is 7.61. The fourth-order valence-corrected chi connectivity index (χ4v) is 4.18. The quantitative estimate of drug-likeness (QED) is 0.839. The average Bonchev–Trinajstić information content (AvgIpc) is 3.06. The molecule has 122 valence electrons. The molecule has 1 aromatic rings. The van der Waals surface area contributed by atoms with E-state index in [1.54, 1.807) is 19.2 Å². The van der Waals surface area contributed by atoms with Crippen molar-refractivity contribution in [2.75, 3.05) is 33.1 Å². The molecule has 0 aromatic heterocycles. The molecule has 0 bridgehead atoms. The van der Waals surface area contributed by atoms with Crippen LogP contribution in [0.25, 0.3) is 0 Å². The molecule has 2 heterocycles. The van der Waals surface area contributed by atoms with Gasteiger partial charge in [-0.2, -0.15) is 0 Å². The molecule has 0 unspecified atom stereocenters. The largest absolute Gasteiger partial charge is 0.377 e. The second-order valence-corrected chi connectivity index (χ2v) is 8.34. The van der Waals surface area contributed by atoms with E-state index in [-0.39, 0.29) is 11.7 Å². The van der Waals surface area contributed by atoms with Gasteiger partial charge >= 0.3 is 0 Å². The molecule has 2 fully saturated rings. The van der Waals surface area contributed by atoms with Gasteiger partial charge in [0.15, 0.2) is 9.84 Å². The summed E-state index contributed by atoms with van der Waals surface area (Å²) >= 11 is 0. The number of ether oxygens (including phenoxy) is 2. The lowest BCUT2D eigenvalue weighted by atomic mass is 9.96. The van der Waals surface area contributed by atoms with Gasteiger partial charge in [0.05, 0.1) is 11.0 Å². The Labute approximate surface area is 132 Å². The van der Waals surface area contributed by atoms with E-state index < -0.39 is 9.84 Å². The number of nitrogens with zero attached hydrogens (tertiary/aromatic N) is 1. The third-order valence-electron chi connectivity index (χ3n) is 4.68. The molecule has 0 N–H and O–H groups in total. The van der Waals surface area contributed by atoms with Crippen LogP contribution in [0.3, 0.4) is 0 Å². The van der Waals surface area contributed by atoms with Crippen molar-refractivity contribution in [1.29, 1.82) is 0 Å². The van der Waals surface area contributed by atoms with Crippen molar-refractivity contribution in [2.24, 2.45) is 0 Å². The Balaban J connectivity index is 1.69. The average molecular weight is 325 g/mol. The van der Waals surface area contributed by atoms with Crippen molar-refractivity contribution in [1.82, 2.24) is 4.90 Å². The van der Waals surface area contributed by atoms with Crippen molar-refractivity contribution in [3.63, 3.8) is 0 Å². The van der Waals surface area contributed by atoms with Crippen LogP contribution in [0.2, 0.25) is 0 Å². The van der Waals surface area contributed by atoms with Gasteiger partial charge in [-0.25, -0.2) is 8.42 Å². The summed E-state index contributed by atoms with van der Waals surface area (Å²) < 4.78 is 34.6. The van der Waals surface area contributed by atoms with Gasteiger partial charge in [-0.3, -0.25) is 4.90 Å². The fraction of sp³-hybridized carbons (Fsp3) is 0.625. The molecule has 0 aliphatic carbocycles. The second kappa shape index (κ2) is 5.92. The molecule has 3 rings (SSSR count). The van der Waals surface area contributed by atoms with Gasteiger partial charge in [0.1, 0.15) is 5.60 Å². The van der Waals surface area contributed by atoms with Gasteiger partial charge in [-0.15, -0.1) is 0 Å². The molecule has 5 nitrogen and oxygen atoms in total. The van der Waals surface area contributed by atoms with Crippen LogP contribution in [0.5, 0.6) is 0 Å². The minimum atomic E-state index is -3.13. The van der Waals surface area contributed by atoms with Crippen LogP contribution < -0.4 is 0 Å². The molecule has 2 saturated heterocycles.